The quantitative estimate of drug-likeness (QED) is 0.413. The molecule has 0 radical (unpaired) electrons. The average molecular weight is 263 g/mol. The van der Waals surface area contributed by atoms with E-state index in [1.807, 2.05) is 0 Å². The third kappa shape index (κ3) is 5.45. The molecule has 1 aromatic heterocycles. The lowest BCUT2D eigenvalue weighted by Gasteiger charge is -1.96. The van der Waals surface area contributed by atoms with Gasteiger partial charge in [0.1, 0.15) is 12.4 Å². The molecule has 0 aliphatic heterocycles. The minimum Gasteiger partial charge on any atom is -0.466 e. The van der Waals surface area contributed by atoms with Gasteiger partial charge in [0.25, 0.3) is 10.1 Å². The summed E-state index contributed by atoms with van der Waals surface area (Å²) in [5.74, 6) is -0.631. The van der Waals surface area contributed by atoms with E-state index in [0.717, 1.165) is 0 Å². The van der Waals surface area contributed by atoms with Crippen LogP contribution in [0.5, 0.6) is 0 Å². The van der Waals surface area contributed by atoms with Crippen molar-refractivity contribution in [3.63, 3.8) is 0 Å². The number of hydrogen-bond donors (Lipinski definition) is 1. The first kappa shape index (κ1) is 13.7. The van der Waals surface area contributed by atoms with E-state index in [0.29, 0.717) is 13.0 Å². The SMILES string of the molecule is COC(=O)C[n+]1ccn(CCCS(=O)(=O)O)c1. The Labute approximate surface area is 99.4 Å². The molecule has 17 heavy (non-hydrogen) atoms. The van der Waals surface area contributed by atoms with Crippen LogP contribution in [0, 0.1) is 0 Å². The number of hydrogen-bond acceptors (Lipinski definition) is 4. The van der Waals surface area contributed by atoms with Crippen LogP contribution in [0.15, 0.2) is 18.7 Å². The zero-order valence-electron chi connectivity index (χ0n) is 9.44. The number of carbonyl (C=O) groups is 1. The number of nitrogens with zero attached hydrogens (tertiary/aromatic N) is 2. The first-order valence-electron chi connectivity index (χ1n) is 4.97. The monoisotopic (exact) mass is 263 g/mol. The molecule has 7 nitrogen and oxygen atoms in total. The van der Waals surface area contributed by atoms with Gasteiger partial charge >= 0.3 is 5.97 Å². The molecule has 0 atom stereocenters. The maximum Gasteiger partial charge on any atom is 0.348 e. The molecular weight excluding hydrogens is 248 g/mol. The summed E-state index contributed by atoms with van der Waals surface area (Å²) in [6, 6.07) is 0. The van der Waals surface area contributed by atoms with Crippen molar-refractivity contribution in [2.75, 3.05) is 12.9 Å². The highest BCUT2D eigenvalue weighted by atomic mass is 32.2. The van der Waals surface area contributed by atoms with Crippen LogP contribution in [0.1, 0.15) is 6.42 Å². The fraction of sp³-hybridized carbons (Fsp3) is 0.556. The van der Waals surface area contributed by atoms with E-state index >= 15 is 0 Å². The van der Waals surface area contributed by atoms with Gasteiger partial charge in [0, 0.05) is 6.42 Å². The second-order valence-electron chi connectivity index (χ2n) is 3.54. The summed E-state index contributed by atoms with van der Waals surface area (Å²) in [6.07, 6.45) is 5.38. The summed E-state index contributed by atoms with van der Waals surface area (Å²) >= 11 is 0. The maximum atomic E-state index is 11.0. The predicted molar refractivity (Wildman–Crippen MR) is 57.7 cm³/mol. The topological polar surface area (TPSA) is 89.5 Å². The molecule has 8 heteroatoms. The van der Waals surface area contributed by atoms with Crippen LogP contribution in [-0.2, 0) is 32.7 Å². The molecule has 1 aromatic rings. The van der Waals surface area contributed by atoms with Gasteiger partial charge in [-0.3, -0.25) is 4.55 Å². The Kier molecular flexibility index (Phi) is 4.64. The molecule has 0 unspecified atom stereocenters. The Bertz CT molecular complexity index is 479. The fourth-order valence-corrected chi connectivity index (χ4v) is 1.80. The lowest BCUT2D eigenvalue weighted by atomic mass is 10.5. The van der Waals surface area contributed by atoms with Crippen LogP contribution in [-0.4, -0.2) is 36.4 Å². The maximum absolute atomic E-state index is 11.0. The Morgan fingerprint density at radius 2 is 2.24 bits per heavy atom. The molecule has 0 saturated heterocycles. The van der Waals surface area contributed by atoms with E-state index in [9.17, 15) is 13.2 Å². The van der Waals surface area contributed by atoms with E-state index in [1.54, 1.807) is 27.9 Å². The van der Waals surface area contributed by atoms with Gasteiger partial charge in [-0.2, -0.15) is 8.42 Å². The minimum absolute atomic E-state index is 0.113. The van der Waals surface area contributed by atoms with Crippen LogP contribution < -0.4 is 4.57 Å². The molecule has 0 spiro atoms. The van der Waals surface area contributed by atoms with E-state index in [-0.39, 0.29) is 18.3 Å². The molecule has 0 fully saturated rings. The average Bonchev–Trinajstić information content (AvgIpc) is 2.63. The summed E-state index contributed by atoms with van der Waals surface area (Å²) in [5, 5.41) is 0. The van der Waals surface area contributed by atoms with Gasteiger partial charge in [0.05, 0.1) is 19.4 Å². The van der Waals surface area contributed by atoms with Crippen molar-refractivity contribution >= 4 is 16.1 Å². The smallest absolute Gasteiger partial charge is 0.348 e. The van der Waals surface area contributed by atoms with Crippen molar-refractivity contribution < 1.29 is 27.1 Å². The highest BCUT2D eigenvalue weighted by Crippen LogP contribution is 1.93. The summed E-state index contributed by atoms with van der Waals surface area (Å²) in [7, 11) is -2.59. The molecule has 0 bridgehead atoms. The summed E-state index contributed by atoms with van der Waals surface area (Å²) < 4.78 is 37.4. The Morgan fingerprint density at radius 3 is 2.82 bits per heavy atom. The molecule has 1 N–H and O–H groups in total. The van der Waals surface area contributed by atoms with Gasteiger partial charge in [-0.1, -0.05) is 0 Å². The fourth-order valence-electron chi connectivity index (χ4n) is 1.31. The minimum atomic E-state index is -3.90. The number of carbonyl (C=O) groups excluding carboxylic acids is 1. The van der Waals surface area contributed by atoms with Gasteiger partial charge in [-0.15, -0.1) is 0 Å². The van der Waals surface area contributed by atoms with E-state index in [1.165, 1.54) is 7.11 Å². The van der Waals surface area contributed by atoms with E-state index < -0.39 is 10.1 Å². The summed E-state index contributed by atoms with van der Waals surface area (Å²) in [6.45, 7) is 0.565. The number of imidazole rings is 1. The molecule has 0 saturated carbocycles. The van der Waals surface area contributed by atoms with E-state index in [2.05, 4.69) is 4.74 Å². The summed E-state index contributed by atoms with van der Waals surface area (Å²) in [4.78, 5) is 11.0. The van der Waals surface area contributed by atoms with Gasteiger partial charge in [-0.05, 0) is 0 Å². The number of ether oxygens (including phenoxy) is 1. The normalized spacial score (nSPS) is 11.4. The van der Waals surface area contributed by atoms with Gasteiger partial charge in [0.15, 0.2) is 6.54 Å². The first-order valence-corrected chi connectivity index (χ1v) is 6.58. The molecule has 1 rings (SSSR count). The molecule has 96 valence electrons. The summed E-state index contributed by atoms with van der Waals surface area (Å²) in [5.41, 5.74) is 0. The standard InChI is InChI=1S/C9H14N2O5S/c1-16-9(12)7-11-5-4-10(8-11)3-2-6-17(13,14)15/h4-5,8H,2-3,6-7H2,1H3/p+1. The van der Waals surface area contributed by atoms with Gasteiger partial charge < -0.3 is 4.74 Å². The lowest BCUT2D eigenvalue weighted by Crippen LogP contribution is -2.36. The van der Waals surface area contributed by atoms with Gasteiger partial charge in [-0.25, -0.2) is 13.9 Å². The van der Waals surface area contributed by atoms with Crippen LogP contribution in [0.4, 0.5) is 0 Å². The largest absolute Gasteiger partial charge is 0.466 e. The predicted octanol–water partition coefficient (Wildman–Crippen LogP) is -0.773. The Hall–Kier alpha value is -1.41. The number of esters is 1. The van der Waals surface area contributed by atoms with Crippen molar-refractivity contribution in [2.45, 2.75) is 19.5 Å². The molecule has 0 aliphatic rings. The highest BCUT2D eigenvalue weighted by Gasteiger charge is 2.10. The number of aryl methyl sites for hydroxylation is 1. The molecule has 0 aliphatic carbocycles. The number of methoxy groups -OCH3 is 1. The zero-order valence-corrected chi connectivity index (χ0v) is 10.3. The Balaban J connectivity index is 2.43. The molecule has 0 amide bonds. The van der Waals surface area contributed by atoms with Crippen LogP contribution in [0.3, 0.4) is 0 Å². The lowest BCUT2D eigenvalue weighted by molar-refractivity contribution is -0.685. The number of aromatic nitrogens is 2. The van der Waals surface area contributed by atoms with Crippen LogP contribution in [0.2, 0.25) is 0 Å². The van der Waals surface area contributed by atoms with Crippen molar-refractivity contribution in [1.29, 1.82) is 0 Å². The first-order chi connectivity index (χ1) is 7.90. The van der Waals surface area contributed by atoms with Crippen molar-refractivity contribution in [2.24, 2.45) is 0 Å². The van der Waals surface area contributed by atoms with E-state index in [4.69, 9.17) is 4.55 Å². The number of rotatable bonds is 6. The zero-order chi connectivity index (χ0) is 12.9. The second-order valence-corrected chi connectivity index (χ2v) is 5.11. The van der Waals surface area contributed by atoms with Crippen molar-refractivity contribution in [3.8, 4) is 0 Å². The molecular formula is C9H15N2O5S+. The third-order valence-corrected chi connectivity index (χ3v) is 2.91. The third-order valence-electron chi connectivity index (χ3n) is 2.10. The van der Waals surface area contributed by atoms with Crippen molar-refractivity contribution in [3.05, 3.63) is 18.7 Å². The van der Waals surface area contributed by atoms with Crippen LogP contribution >= 0.6 is 0 Å². The molecule has 1 heterocycles. The molecule has 0 aromatic carbocycles. The highest BCUT2D eigenvalue weighted by molar-refractivity contribution is 7.85. The van der Waals surface area contributed by atoms with Gasteiger partial charge in [0.2, 0.25) is 6.33 Å². The Morgan fingerprint density at radius 1 is 1.53 bits per heavy atom. The van der Waals surface area contributed by atoms with Crippen molar-refractivity contribution in [1.82, 2.24) is 4.57 Å². The van der Waals surface area contributed by atoms with Crippen LogP contribution in [0.25, 0.3) is 0 Å². The second kappa shape index (κ2) is 5.78.